The van der Waals surface area contributed by atoms with Gasteiger partial charge in [0.2, 0.25) is 0 Å². The van der Waals surface area contributed by atoms with Gasteiger partial charge in [-0.25, -0.2) is 0 Å². The van der Waals surface area contributed by atoms with E-state index in [0.717, 1.165) is 37.6 Å². The number of ether oxygens (including phenoxy) is 1. The number of amides is 1. The summed E-state index contributed by atoms with van der Waals surface area (Å²) in [5.74, 6) is 0.206. The smallest absolute Gasteiger partial charge is 0.259 e. The number of aliphatic hydroxyl groups excluding tert-OH is 1. The molecular formula is C25H32ClN3O3. The minimum absolute atomic E-state index is 0.222. The number of rotatable bonds is 5. The molecule has 1 amide bonds. The Labute approximate surface area is 195 Å². The Kier molecular flexibility index (Phi) is 7.05. The fraction of sp³-hybridized carbons (Fsp3) is 0.480. The number of hydrogen-bond donors (Lipinski definition) is 1. The van der Waals surface area contributed by atoms with Gasteiger partial charge in [-0.05, 0) is 42.8 Å². The maximum absolute atomic E-state index is 13.4. The van der Waals surface area contributed by atoms with E-state index in [9.17, 15) is 9.90 Å². The Morgan fingerprint density at radius 1 is 1.03 bits per heavy atom. The van der Waals surface area contributed by atoms with Crippen LogP contribution in [0, 0.1) is 0 Å². The Morgan fingerprint density at radius 3 is 2.38 bits per heavy atom. The molecule has 0 spiro atoms. The van der Waals surface area contributed by atoms with Gasteiger partial charge < -0.3 is 24.5 Å². The molecule has 0 aromatic heterocycles. The predicted octanol–water partition coefficient (Wildman–Crippen LogP) is 3.68. The van der Waals surface area contributed by atoms with E-state index < -0.39 is 12.2 Å². The normalized spacial score (nSPS) is 21.3. The first-order valence-corrected chi connectivity index (χ1v) is 11.7. The first-order valence-electron chi connectivity index (χ1n) is 11.3. The monoisotopic (exact) mass is 457 g/mol. The third-order valence-electron chi connectivity index (χ3n) is 6.44. The average molecular weight is 458 g/mol. The van der Waals surface area contributed by atoms with Gasteiger partial charge in [-0.15, -0.1) is 0 Å². The number of halogens is 1. The lowest BCUT2D eigenvalue weighted by molar-refractivity contribution is -0.143. The zero-order valence-electron chi connectivity index (χ0n) is 19.0. The Balaban J connectivity index is 1.57. The lowest BCUT2D eigenvalue weighted by Gasteiger charge is -2.38. The molecule has 6 nitrogen and oxygen atoms in total. The standard InChI is InChI=1S/C25H32ClN3O3/c1-17(2)18-4-7-20(8-5-18)29-14-15-32-24(25(29)31)23(30)21-9-6-19(26)16-22(21)28-12-10-27(3)11-13-28/h4-9,16-17,23-24,30H,10-15H2,1-3H3. The zero-order chi connectivity index (χ0) is 22.8. The average Bonchev–Trinajstić information content (AvgIpc) is 2.79. The molecule has 2 aromatic carbocycles. The van der Waals surface area contributed by atoms with E-state index in [-0.39, 0.29) is 5.91 Å². The molecule has 0 radical (unpaired) electrons. The number of likely N-dealkylation sites (N-methyl/N-ethyl adjacent to an activating group) is 1. The van der Waals surface area contributed by atoms with Crippen LogP contribution < -0.4 is 9.80 Å². The molecule has 2 heterocycles. The van der Waals surface area contributed by atoms with Crippen molar-refractivity contribution in [1.82, 2.24) is 4.90 Å². The number of benzene rings is 2. The summed E-state index contributed by atoms with van der Waals surface area (Å²) in [7, 11) is 2.10. The number of carbonyl (C=O) groups excluding carboxylic acids is 1. The molecule has 7 heteroatoms. The third-order valence-corrected chi connectivity index (χ3v) is 6.67. The van der Waals surface area contributed by atoms with Gasteiger partial charge in [0.05, 0.1) is 6.61 Å². The highest BCUT2D eigenvalue weighted by atomic mass is 35.5. The van der Waals surface area contributed by atoms with Crippen LogP contribution in [0.15, 0.2) is 42.5 Å². The zero-order valence-corrected chi connectivity index (χ0v) is 19.8. The second kappa shape index (κ2) is 9.79. The van der Waals surface area contributed by atoms with Crippen molar-refractivity contribution >= 4 is 28.9 Å². The Hall–Kier alpha value is -2.12. The summed E-state index contributed by atoms with van der Waals surface area (Å²) in [5.41, 5.74) is 3.60. The van der Waals surface area contributed by atoms with E-state index in [1.54, 1.807) is 11.0 Å². The molecular weight excluding hydrogens is 426 g/mol. The van der Waals surface area contributed by atoms with Gasteiger partial charge in [-0.2, -0.15) is 0 Å². The van der Waals surface area contributed by atoms with Gasteiger partial charge in [0.1, 0.15) is 6.10 Å². The molecule has 2 aromatic rings. The fourth-order valence-electron chi connectivity index (χ4n) is 4.38. The summed E-state index contributed by atoms with van der Waals surface area (Å²) in [5, 5.41) is 11.9. The second-order valence-electron chi connectivity index (χ2n) is 8.97. The molecule has 2 unspecified atom stereocenters. The Bertz CT molecular complexity index is 942. The van der Waals surface area contributed by atoms with Gasteiger partial charge in [0, 0.05) is 54.7 Å². The van der Waals surface area contributed by atoms with Crippen molar-refractivity contribution in [2.45, 2.75) is 32.0 Å². The third kappa shape index (κ3) is 4.79. The van der Waals surface area contributed by atoms with E-state index in [4.69, 9.17) is 16.3 Å². The highest BCUT2D eigenvalue weighted by molar-refractivity contribution is 6.30. The Morgan fingerprint density at radius 2 is 1.72 bits per heavy atom. The van der Waals surface area contributed by atoms with Gasteiger partial charge in [-0.1, -0.05) is 43.6 Å². The topological polar surface area (TPSA) is 56.3 Å². The van der Waals surface area contributed by atoms with E-state index in [1.807, 2.05) is 24.3 Å². The number of aliphatic hydroxyl groups is 1. The first kappa shape index (κ1) is 23.1. The molecule has 0 saturated carbocycles. The predicted molar refractivity (Wildman–Crippen MR) is 129 cm³/mol. The summed E-state index contributed by atoms with van der Waals surface area (Å²) in [4.78, 5) is 19.6. The number of hydrogen-bond acceptors (Lipinski definition) is 5. The van der Waals surface area contributed by atoms with Gasteiger partial charge >= 0.3 is 0 Å². The second-order valence-corrected chi connectivity index (χ2v) is 9.40. The van der Waals surface area contributed by atoms with Crippen molar-refractivity contribution in [3.63, 3.8) is 0 Å². The van der Waals surface area contributed by atoms with E-state index in [2.05, 4.69) is 42.8 Å². The summed E-state index contributed by atoms with van der Waals surface area (Å²) in [6, 6.07) is 13.5. The highest BCUT2D eigenvalue weighted by Gasteiger charge is 2.38. The van der Waals surface area contributed by atoms with E-state index >= 15 is 0 Å². The lowest BCUT2D eigenvalue weighted by Crippen LogP contribution is -2.50. The fourth-order valence-corrected chi connectivity index (χ4v) is 4.55. The van der Waals surface area contributed by atoms with E-state index in [1.165, 1.54) is 5.56 Å². The van der Waals surface area contributed by atoms with Crippen molar-refractivity contribution in [2.75, 3.05) is 56.2 Å². The van der Waals surface area contributed by atoms with Crippen LogP contribution >= 0.6 is 11.6 Å². The molecule has 4 rings (SSSR count). The summed E-state index contributed by atoms with van der Waals surface area (Å²) in [6.45, 7) is 8.67. The van der Waals surface area contributed by atoms with Crippen molar-refractivity contribution in [3.05, 3.63) is 58.6 Å². The number of nitrogens with zero attached hydrogens (tertiary/aromatic N) is 3. The van der Waals surface area contributed by atoms with Gasteiger partial charge in [0.25, 0.3) is 5.91 Å². The van der Waals surface area contributed by atoms with Crippen molar-refractivity contribution in [2.24, 2.45) is 0 Å². The number of carbonyl (C=O) groups is 1. The van der Waals surface area contributed by atoms with Crippen LogP contribution in [0.1, 0.15) is 37.0 Å². The summed E-state index contributed by atoms with van der Waals surface area (Å²) >= 11 is 6.30. The summed E-state index contributed by atoms with van der Waals surface area (Å²) in [6.07, 6.45) is -2.03. The SMILES string of the molecule is CC(C)c1ccc(N2CCOC(C(O)c3ccc(Cl)cc3N3CCN(C)CC3)C2=O)cc1. The van der Waals surface area contributed by atoms with Crippen molar-refractivity contribution < 1.29 is 14.6 Å². The van der Waals surface area contributed by atoms with Crippen LogP contribution in [0.2, 0.25) is 5.02 Å². The summed E-state index contributed by atoms with van der Waals surface area (Å²) < 4.78 is 5.81. The van der Waals surface area contributed by atoms with Crippen LogP contribution in [0.3, 0.4) is 0 Å². The molecule has 1 N–H and O–H groups in total. The molecule has 0 aliphatic carbocycles. The largest absolute Gasteiger partial charge is 0.385 e. The molecule has 2 saturated heterocycles. The molecule has 32 heavy (non-hydrogen) atoms. The maximum Gasteiger partial charge on any atom is 0.259 e. The number of piperazine rings is 1. The van der Waals surface area contributed by atoms with Crippen molar-refractivity contribution in [3.8, 4) is 0 Å². The molecule has 2 fully saturated rings. The lowest BCUT2D eigenvalue weighted by atomic mass is 9.98. The maximum atomic E-state index is 13.4. The van der Waals surface area contributed by atoms with Gasteiger partial charge in [-0.3, -0.25) is 4.79 Å². The first-order chi connectivity index (χ1) is 15.3. The molecule has 172 valence electrons. The van der Waals surface area contributed by atoms with Crippen LogP contribution in [0.25, 0.3) is 0 Å². The molecule has 2 atom stereocenters. The number of morpholine rings is 1. The molecule has 2 aliphatic heterocycles. The van der Waals surface area contributed by atoms with Crippen LogP contribution in [0.5, 0.6) is 0 Å². The minimum atomic E-state index is -1.08. The molecule has 2 aliphatic rings. The van der Waals surface area contributed by atoms with Crippen molar-refractivity contribution in [1.29, 1.82) is 0 Å². The van der Waals surface area contributed by atoms with Crippen LogP contribution in [0.4, 0.5) is 11.4 Å². The van der Waals surface area contributed by atoms with Gasteiger partial charge in [0.15, 0.2) is 6.10 Å². The minimum Gasteiger partial charge on any atom is -0.385 e. The quantitative estimate of drug-likeness (QED) is 0.742. The molecule has 0 bridgehead atoms. The number of anilines is 2. The van der Waals surface area contributed by atoms with Crippen LogP contribution in [-0.2, 0) is 9.53 Å². The highest BCUT2D eigenvalue weighted by Crippen LogP contribution is 2.35. The van der Waals surface area contributed by atoms with E-state index in [0.29, 0.717) is 29.7 Å². The van der Waals surface area contributed by atoms with Crippen LogP contribution in [-0.4, -0.2) is 68.4 Å².